The average Bonchev–Trinajstić information content (AvgIpc) is 3.21. The number of carbonyl (C=O) groups is 1. The molecule has 0 radical (unpaired) electrons. The van der Waals surface area contributed by atoms with Crippen molar-refractivity contribution in [2.24, 2.45) is 0 Å². The van der Waals surface area contributed by atoms with Crippen LogP contribution in [-0.2, 0) is 11.2 Å². The van der Waals surface area contributed by atoms with Crippen LogP contribution in [0.2, 0.25) is 0 Å². The highest BCUT2D eigenvalue weighted by Crippen LogP contribution is 2.21. The van der Waals surface area contributed by atoms with Crippen LogP contribution in [-0.4, -0.2) is 23.2 Å². The molecule has 1 N–H and O–H groups in total. The van der Waals surface area contributed by atoms with Crippen molar-refractivity contribution in [2.75, 3.05) is 12.4 Å². The van der Waals surface area contributed by atoms with Gasteiger partial charge in [0.05, 0.1) is 7.11 Å². The maximum Gasteiger partial charge on any atom is 0.227 e. The molecule has 2 aromatic carbocycles. The standard InChI is InChI=1S/C22H25N3O3/c1-4-15(2)16-5-9-18(10-6-16)23-20(26)13-14-21-24-22(25-28-21)17-7-11-19(27-3)12-8-17/h5-12,15H,4,13-14H2,1-3H3,(H,23,26)/t15-/m0/s1. The van der Waals surface area contributed by atoms with Crippen molar-refractivity contribution >= 4 is 11.6 Å². The molecule has 0 saturated carbocycles. The Balaban J connectivity index is 1.52. The van der Waals surface area contributed by atoms with E-state index in [0.29, 0.717) is 24.1 Å². The Morgan fingerprint density at radius 1 is 1.14 bits per heavy atom. The second-order valence-electron chi connectivity index (χ2n) is 6.72. The van der Waals surface area contributed by atoms with E-state index in [-0.39, 0.29) is 12.3 Å². The second-order valence-corrected chi connectivity index (χ2v) is 6.72. The number of amides is 1. The van der Waals surface area contributed by atoms with Crippen LogP contribution in [0.25, 0.3) is 11.4 Å². The molecular weight excluding hydrogens is 354 g/mol. The summed E-state index contributed by atoms with van der Waals surface area (Å²) in [6.07, 6.45) is 1.76. The number of nitrogens with zero attached hydrogens (tertiary/aromatic N) is 2. The third-order valence-electron chi connectivity index (χ3n) is 4.76. The Labute approximate surface area is 164 Å². The quantitative estimate of drug-likeness (QED) is 0.606. The fourth-order valence-electron chi connectivity index (χ4n) is 2.79. The van der Waals surface area contributed by atoms with Crippen molar-refractivity contribution in [1.82, 2.24) is 10.1 Å². The molecule has 1 aromatic heterocycles. The van der Waals surface area contributed by atoms with E-state index in [4.69, 9.17) is 9.26 Å². The normalized spacial score (nSPS) is 11.8. The summed E-state index contributed by atoms with van der Waals surface area (Å²) in [5.74, 6) is 2.13. The number of hydrogen-bond acceptors (Lipinski definition) is 5. The Kier molecular flexibility index (Phi) is 6.42. The fraction of sp³-hybridized carbons (Fsp3) is 0.318. The number of methoxy groups -OCH3 is 1. The van der Waals surface area contributed by atoms with Gasteiger partial charge in [-0.25, -0.2) is 0 Å². The number of carbonyl (C=O) groups excluding carboxylic acids is 1. The first kappa shape index (κ1) is 19.6. The maximum absolute atomic E-state index is 12.2. The lowest BCUT2D eigenvalue weighted by Crippen LogP contribution is -2.12. The van der Waals surface area contributed by atoms with Gasteiger partial charge in [-0.3, -0.25) is 4.79 Å². The number of aromatic nitrogens is 2. The van der Waals surface area contributed by atoms with Crippen molar-refractivity contribution in [1.29, 1.82) is 0 Å². The molecule has 0 aliphatic carbocycles. The van der Waals surface area contributed by atoms with Crippen molar-refractivity contribution in [3.05, 3.63) is 60.0 Å². The molecule has 3 rings (SSSR count). The zero-order valence-electron chi connectivity index (χ0n) is 16.4. The first-order chi connectivity index (χ1) is 13.6. The molecule has 6 heteroatoms. The molecule has 0 bridgehead atoms. The lowest BCUT2D eigenvalue weighted by molar-refractivity contribution is -0.116. The van der Waals surface area contributed by atoms with Crippen LogP contribution >= 0.6 is 0 Å². The maximum atomic E-state index is 12.2. The van der Waals surface area contributed by atoms with Gasteiger partial charge >= 0.3 is 0 Å². The van der Waals surface area contributed by atoms with E-state index in [1.54, 1.807) is 7.11 Å². The van der Waals surface area contributed by atoms with Crippen LogP contribution in [0.15, 0.2) is 53.1 Å². The molecular formula is C22H25N3O3. The van der Waals surface area contributed by atoms with Gasteiger partial charge in [0.2, 0.25) is 17.6 Å². The van der Waals surface area contributed by atoms with Gasteiger partial charge in [0.1, 0.15) is 5.75 Å². The first-order valence-electron chi connectivity index (χ1n) is 9.46. The molecule has 0 saturated heterocycles. The molecule has 0 spiro atoms. The Hall–Kier alpha value is -3.15. The van der Waals surface area contributed by atoms with E-state index in [0.717, 1.165) is 23.4 Å². The first-order valence-corrected chi connectivity index (χ1v) is 9.46. The van der Waals surface area contributed by atoms with Gasteiger partial charge in [-0.15, -0.1) is 0 Å². The second kappa shape index (κ2) is 9.17. The average molecular weight is 379 g/mol. The summed E-state index contributed by atoms with van der Waals surface area (Å²) < 4.78 is 10.4. The van der Waals surface area contributed by atoms with Gasteiger partial charge < -0.3 is 14.6 Å². The Bertz CT molecular complexity index is 902. The van der Waals surface area contributed by atoms with Gasteiger partial charge in [-0.1, -0.05) is 31.1 Å². The number of nitrogens with one attached hydrogen (secondary N) is 1. The molecule has 3 aromatic rings. The number of anilines is 1. The van der Waals surface area contributed by atoms with Gasteiger partial charge in [0.25, 0.3) is 0 Å². The highest BCUT2D eigenvalue weighted by Gasteiger charge is 2.11. The predicted octanol–water partition coefficient (Wildman–Crippen LogP) is 4.83. The van der Waals surface area contributed by atoms with Crippen molar-refractivity contribution in [3.63, 3.8) is 0 Å². The topological polar surface area (TPSA) is 77.2 Å². The SMILES string of the molecule is CC[C@H](C)c1ccc(NC(=O)CCc2nc(-c3ccc(OC)cc3)no2)cc1. The molecule has 0 aliphatic rings. The highest BCUT2D eigenvalue weighted by molar-refractivity contribution is 5.90. The van der Waals surface area contributed by atoms with Gasteiger partial charge in [-0.05, 0) is 54.3 Å². The Morgan fingerprint density at radius 3 is 2.50 bits per heavy atom. The summed E-state index contributed by atoms with van der Waals surface area (Å²) in [7, 11) is 1.62. The molecule has 28 heavy (non-hydrogen) atoms. The molecule has 6 nitrogen and oxygen atoms in total. The summed E-state index contributed by atoms with van der Waals surface area (Å²) in [6.45, 7) is 4.36. The number of rotatable bonds is 8. The smallest absolute Gasteiger partial charge is 0.227 e. The Morgan fingerprint density at radius 2 is 1.86 bits per heavy atom. The van der Waals surface area contributed by atoms with E-state index in [1.807, 2.05) is 36.4 Å². The lowest BCUT2D eigenvalue weighted by Gasteiger charge is -2.10. The van der Waals surface area contributed by atoms with Crippen molar-refractivity contribution in [2.45, 2.75) is 39.0 Å². The molecule has 1 atom stereocenters. The zero-order valence-corrected chi connectivity index (χ0v) is 16.4. The zero-order chi connectivity index (χ0) is 19.9. The summed E-state index contributed by atoms with van der Waals surface area (Å²) in [4.78, 5) is 16.6. The van der Waals surface area contributed by atoms with Crippen LogP contribution in [0.1, 0.15) is 44.1 Å². The van der Waals surface area contributed by atoms with Crippen LogP contribution in [0.4, 0.5) is 5.69 Å². The van der Waals surface area contributed by atoms with E-state index in [1.165, 1.54) is 5.56 Å². The minimum absolute atomic E-state index is 0.0829. The minimum Gasteiger partial charge on any atom is -0.497 e. The van der Waals surface area contributed by atoms with E-state index in [2.05, 4.69) is 41.4 Å². The van der Waals surface area contributed by atoms with Gasteiger partial charge in [0, 0.05) is 24.1 Å². The van der Waals surface area contributed by atoms with Gasteiger partial charge in [0.15, 0.2) is 0 Å². The summed E-state index contributed by atoms with van der Waals surface area (Å²) >= 11 is 0. The predicted molar refractivity (Wildman–Crippen MR) is 108 cm³/mol. The van der Waals surface area contributed by atoms with Crippen molar-refractivity contribution < 1.29 is 14.1 Å². The van der Waals surface area contributed by atoms with Crippen LogP contribution < -0.4 is 10.1 Å². The number of hydrogen-bond donors (Lipinski definition) is 1. The van der Waals surface area contributed by atoms with Crippen molar-refractivity contribution in [3.8, 4) is 17.1 Å². The number of aryl methyl sites for hydroxylation is 1. The van der Waals surface area contributed by atoms with E-state index in [9.17, 15) is 4.79 Å². The van der Waals surface area contributed by atoms with E-state index < -0.39 is 0 Å². The van der Waals surface area contributed by atoms with Gasteiger partial charge in [-0.2, -0.15) is 4.98 Å². The number of ether oxygens (including phenoxy) is 1. The number of benzene rings is 2. The monoisotopic (exact) mass is 379 g/mol. The molecule has 1 amide bonds. The summed E-state index contributed by atoms with van der Waals surface area (Å²) in [5, 5.41) is 6.88. The van der Waals surface area contributed by atoms with Crippen LogP contribution in [0.5, 0.6) is 5.75 Å². The third-order valence-corrected chi connectivity index (χ3v) is 4.76. The lowest BCUT2D eigenvalue weighted by atomic mass is 9.99. The minimum atomic E-state index is -0.0829. The summed E-state index contributed by atoms with van der Waals surface area (Å²) in [6, 6.07) is 15.4. The summed E-state index contributed by atoms with van der Waals surface area (Å²) in [5.41, 5.74) is 2.90. The van der Waals surface area contributed by atoms with Crippen LogP contribution in [0.3, 0.4) is 0 Å². The molecule has 0 fully saturated rings. The highest BCUT2D eigenvalue weighted by atomic mass is 16.5. The molecule has 0 aliphatic heterocycles. The molecule has 146 valence electrons. The van der Waals surface area contributed by atoms with Crippen LogP contribution in [0, 0.1) is 0 Å². The van der Waals surface area contributed by atoms with E-state index >= 15 is 0 Å². The molecule has 0 unspecified atom stereocenters. The molecule has 1 heterocycles. The third kappa shape index (κ3) is 4.97. The largest absolute Gasteiger partial charge is 0.497 e. The fourth-order valence-corrected chi connectivity index (χ4v) is 2.79.